The lowest BCUT2D eigenvalue weighted by Crippen LogP contribution is -2.31. The Morgan fingerprint density at radius 3 is 3.09 bits per heavy atom. The number of nitrogens with one attached hydrogen (secondary N) is 1. The summed E-state index contributed by atoms with van der Waals surface area (Å²) in [5.74, 6) is 0.433. The van der Waals surface area contributed by atoms with Gasteiger partial charge in [-0.1, -0.05) is 0 Å². The van der Waals surface area contributed by atoms with Crippen LogP contribution in [0.3, 0.4) is 0 Å². The van der Waals surface area contributed by atoms with E-state index in [0.717, 1.165) is 31.5 Å². The van der Waals surface area contributed by atoms with E-state index in [1.807, 2.05) is 10.9 Å². The molecule has 7 heteroatoms. The zero-order chi connectivity index (χ0) is 14.9. The lowest BCUT2D eigenvalue weighted by molar-refractivity contribution is 0.347. The minimum absolute atomic E-state index is 0.0329. The Kier molecular flexibility index (Phi) is 3.19. The Morgan fingerprint density at radius 1 is 1.27 bits per heavy atom. The Labute approximate surface area is 127 Å². The number of aromatic nitrogens is 5. The second kappa shape index (κ2) is 5.34. The third-order valence-electron chi connectivity index (χ3n) is 3.98. The van der Waals surface area contributed by atoms with E-state index in [2.05, 4.69) is 25.4 Å². The number of hydrogen-bond donors (Lipinski definition) is 2. The molecule has 1 aliphatic heterocycles. The van der Waals surface area contributed by atoms with Crippen molar-refractivity contribution in [2.24, 2.45) is 0 Å². The van der Waals surface area contributed by atoms with Gasteiger partial charge in [0.1, 0.15) is 0 Å². The molecule has 0 amide bonds. The van der Waals surface area contributed by atoms with E-state index in [9.17, 15) is 5.11 Å². The van der Waals surface area contributed by atoms with Crippen LogP contribution in [-0.2, 0) is 0 Å². The molecule has 0 unspecified atom stereocenters. The fourth-order valence-electron chi connectivity index (χ4n) is 2.81. The molecule has 0 bridgehead atoms. The SMILES string of the molecule is Oc1nc(-c2cnn([C@@H]3CCCNC3)c2)nc2cnccc12. The van der Waals surface area contributed by atoms with Crippen LogP contribution in [0.1, 0.15) is 18.9 Å². The first-order valence-corrected chi connectivity index (χ1v) is 7.37. The molecule has 0 aromatic carbocycles. The molecule has 0 radical (unpaired) electrons. The number of pyridine rings is 1. The van der Waals surface area contributed by atoms with Crippen molar-refractivity contribution >= 4 is 10.9 Å². The van der Waals surface area contributed by atoms with Crippen molar-refractivity contribution in [3.05, 3.63) is 30.9 Å². The van der Waals surface area contributed by atoms with Gasteiger partial charge >= 0.3 is 0 Å². The van der Waals surface area contributed by atoms with Gasteiger partial charge in [-0.25, -0.2) is 4.98 Å². The summed E-state index contributed by atoms with van der Waals surface area (Å²) in [4.78, 5) is 12.7. The van der Waals surface area contributed by atoms with Crippen molar-refractivity contribution in [1.82, 2.24) is 30.0 Å². The summed E-state index contributed by atoms with van der Waals surface area (Å²) in [5, 5.41) is 18.5. The Balaban J connectivity index is 1.71. The summed E-state index contributed by atoms with van der Waals surface area (Å²) >= 11 is 0. The molecule has 0 aliphatic carbocycles. The number of nitrogens with zero attached hydrogens (tertiary/aromatic N) is 5. The van der Waals surface area contributed by atoms with E-state index in [0.29, 0.717) is 22.8 Å². The minimum atomic E-state index is -0.0329. The van der Waals surface area contributed by atoms with E-state index in [-0.39, 0.29) is 5.88 Å². The van der Waals surface area contributed by atoms with Crippen LogP contribution < -0.4 is 5.32 Å². The number of piperidine rings is 1. The Hall–Kier alpha value is -2.54. The van der Waals surface area contributed by atoms with Crippen LogP contribution in [0.2, 0.25) is 0 Å². The fraction of sp³-hybridized carbons (Fsp3) is 0.333. The average Bonchev–Trinajstić information content (AvgIpc) is 3.06. The molecule has 4 heterocycles. The number of rotatable bonds is 2. The highest BCUT2D eigenvalue weighted by Gasteiger charge is 2.17. The van der Waals surface area contributed by atoms with Crippen molar-refractivity contribution in [3.8, 4) is 17.3 Å². The highest BCUT2D eigenvalue weighted by molar-refractivity contribution is 5.83. The third-order valence-corrected chi connectivity index (χ3v) is 3.98. The molecule has 4 rings (SSSR count). The van der Waals surface area contributed by atoms with Gasteiger partial charge < -0.3 is 10.4 Å². The third kappa shape index (κ3) is 2.29. The van der Waals surface area contributed by atoms with Gasteiger partial charge in [-0.3, -0.25) is 9.67 Å². The highest BCUT2D eigenvalue weighted by atomic mass is 16.3. The number of aromatic hydroxyl groups is 1. The molecule has 1 fully saturated rings. The summed E-state index contributed by atoms with van der Waals surface area (Å²) in [5.41, 5.74) is 1.42. The maximum absolute atomic E-state index is 10.1. The van der Waals surface area contributed by atoms with Gasteiger partial charge in [0, 0.05) is 18.9 Å². The van der Waals surface area contributed by atoms with Crippen LogP contribution in [0.5, 0.6) is 5.88 Å². The molecule has 7 nitrogen and oxygen atoms in total. The van der Waals surface area contributed by atoms with Crippen LogP contribution in [-0.4, -0.2) is 42.9 Å². The molecule has 1 aliphatic rings. The standard InChI is InChI=1S/C15H16N6O/c22-15-12-3-5-17-8-13(12)19-14(20-15)10-6-18-21(9-10)11-2-1-4-16-7-11/h3,5-6,8-9,11,16H,1-2,4,7H2,(H,19,20,22)/t11-/m1/s1. The van der Waals surface area contributed by atoms with Crippen molar-refractivity contribution in [2.75, 3.05) is 13.1 Å². The summed E-state index contributed by atoms with van der Waals surface area (Å²) in [6.07, 6.45) is 9.18. The van der Waals surface area contributed by atoms with Gasteiger partial charge in [-0.2, -0.15) is 10.1 Å². The molecular weight excluding hydrogens is 280 g/mol. The van der Waals surface area contributed by atoms with Gasteiger partial charge in [0.25, 0.3) is 0 Å². The second-order valence-electron chi connectivity index (χ2n) is 5.47. The molecule has 22 heavy (non-hydrogen) atoms. The zero-order valence-electron chi connectivity index (χ0n) is 12.0. The van der Waals surface area contributed by atoms with Gasteiger partial charge in [0.2, 0.25) is 5.88 Å². The van der Waals surface area contributed by atoms with Gasteiger partial charge in [-0.05, 0) is 25.5 Å². The Morgan fingerprint density at radius 2 is 2.23 bits per heavy atom. The predicted molar refractivity (Wildman–Crippen MR) is 81.4 cm³/mol. The lowest BCUT2D eigenvalue weighted by Gasteiger charge is -2.22. The fourth-order valence-corrected chi connectivity index (χ4v) is 2.81. The summed E-state index contributed by atoms with van der Waals surface area (Å²) < 4.78 is 1.95. The molecule has 1 atom stereocenters. The minimum Gasteiger partial charge on any atom is -0.493 e. The first-order valence-electron chi connectivity index (χ1n) is 7.37. The van der Waals surface area contributed by atoms with Crippen molar-refractivity contribution in [3.63, 3.8) is 0 Å². The first kappa shape index (κ1) is 13.1. The maximum Gasteiger partial charge on any atom is 0.222 e. The normalized spacial score (nSPS) is 18.6. The molecule has 1 saturated heterocycles. The van der Waals surface area contributed by atoms with Crippen molar-refractivity contribution in [2.45, 2.75) is 18.9 Å². The molecule has 112 valence electrons. The van der Waals surface area contributed by atoms with E-state index >= 15 is 0 Å². The lowest BCUT2D eigenvalue weighted by atomic mass is 10.1. The molecule has 0 saturated carbocycles. The van der Waals surface area contributed by atoms with Crippen LogP contribution in [0, 0.1) is 0 Å². The number of hydrogen-bond acceptors (Lipinski definition) is 6. The van der Waals surface area contributed by atoms with E-state index < -0.39 is 0 Å². The molecule has 0 spiro atoms. The van der Waals surface area contributed by atoms with Gasteiger partial charge in [0.15, 0.2) is 5.82 Å². The Bertz CT molecular complexity index is 809. The van der Waals surface area contributed by atoms with Gasteiger partial charge in [0.05, 0.1) is 34.9 Å². The largest absolute Gasteiger partial charge is 0.493 e. The summed E-state index contributed by atoms with van der Waals surface area (Å²) in [6.45, 7) is 1.99. The summed E-state index contributed by atoms with van der Waals surface area (Å²) in [7, 11) is 0. The van der Waals surface area contributed by atoms with Crippen molar-refractivity contribution < 1.29 is 5.11 Å². The van der Waals surface area contributed by atoms with Gasteiger partial charge in [-0.15, -0.1) is 0 Å². The van der Waals surface area contributed by atoms with E-state index in [1.165, 1.54) is 0 Å². The molecule has 3 aromatic rings. The van der Waals surface area contributed by atoms with Crippen LogP contribution in [0.25, 0.3) is 22.3 Å². The summed E-state index contributed by atoms with van der Waals surface area (Å²) in [6, 6.07) is 2.06. The molecular formula is C15H16N6O. The van der Waals surface area contributed by atoms with E-state index in [1.54, 1.807) is 24.7 Å². The zero-order valence-corrected chi connectivity index (χ0v) is 12.0. The first-order chi connectivity index (χ1) is 10.8. The predicted octanol–water partition coefficient (Wildman–Crippen LogP) is 1.52. The monoisotopic (exact) mass is 296 g/mol. The molecule has 2 N–H and O–H groups in total. The van der Waals surface area contributed by atoms with Crippen LogP contribution in [0.4, 0.5) is 0 Å². The molecule has 3 aromatic heterocycles. The average molecular weight is 296 g/mol. The highest BCUT2D eigenvalue weighted by Crippen LogP contribution is 2.25. The topological polar surface area (TPSA) is 88.8 Å². The van der Waals surface area contributed by atoms with Crippen LogP contribution >= 0.6 is 0 Å². The quantitative estimate of drug-likeness (QED) is 0.745. The van der Waals surface area contributed by atoms with E-state index in [4.69, 9.17) is 0 Å². The van der Waals surface area contributed by atoms with Crippen LogP contribution in [0.15, 0.2) is 30.9 Å². The number of fused-ring (bicyclic) bond motifs is 1. The second-order valence-corrected chi connectivity index (χ2v) is 5.47. The maximum atomic E-state index is 10.1. The smallest absolute Gasteiger partial charge is 0.222 e. The van der Waals surface area contributed by atoms with Crippen molar-refractivity contribution in [1.29, 1.82) is 0 Å².